The van der Waals surface area contributed by atoms with Crippen molar-refractivity contribution in [2.45, 2.75) is 32.0 Å². The van der Waals surface area contributed by atoms with Crippen LogP contribution in [0.3, 0.4) is 0 Å². The summed E-state index contributed by atoms with van der Waals surface area (Å²) in [7, 11) is 0. The zero-order valence-electron chi connectivity index (χ0n) is 16.2. The van der Waals surface area contributed by atoms with Crippen LogP contribution in [0, 0.1) is 5.41 Å². The lowest BCUT2D eigenvalue weighted by Crippen LogP contribution is -2.44. The summed E-state index contributed by atoms with van der Waals surface area (Å²) in [6.45, 7) is 2.39. The molecule has 0 radical (unpaired) electrons. The fourth-order valence-corrected chi connectivity index (χ4v) is 3.23. The summed E-state index contributed by atoms with van der Waals surface area (Å²) in [6.07, 6.45) is -1.36. The lowest BCUT2D eigenvalue weighted by Gasteiger charge is -2.33. The first-order chi connectivity index (χ1) is 14.2. The van der Waals surface area contributed by atoms with Crippen LogP contribution in [0.2, 0.25) is 0 Å². The second-order valence-electron chi connectivity index (χ2n) is 6.99. The molecule has 0 unspecified atom stereocenters. The molecule has 2 aliphatic rings. The van der Waals surface area contributed by atoms with Gasteiger partial charge in [0.15, 0.2) is 0 Å². The number of carbonyl (C=O) groups is 2. The van der Waals surface area contributed by atoms with Gasteiger partial charge in [-0.2, -0.15) is 13.2 Å². The van der Waals surface area contributed by atoms with E-state index in [0.717, 1.165) is 18.3 Å². The van der Waals surface area contributed by atoms with Crippen molar-refractivity contribution in [1.29, 1.82) is 5.41 Å². The number of hydrogen-bond donors (Lipinski definition) is 3. The summed E-state index contributed by atoms with van der Waals surface area (Å²) < 4.78 is 43.7. The molecule has 160 valence electrons. The number of likely N-dealkylation sites (tertiary alicyclic amines) is 1. The maximum Gasteiger partial charge on any atom is 0.416 e. The number of nitrogens with zero attached hydrogens (tertiary/aromatic N) is 1. The number of halogens is 3. The predicted molar refractivity (Wildman–Crippen MR) is 103 cm³/mol. The van der Waals surface area contributed by atoms with Crippen LogP contribution in [0.1, 0.15) is 25.3 Å². The summed E-state index contributed by atoms with van der Waals surface area (Å²) in [5.41, 5.74) is -0.117. The number of piperidine rings is 1. The van der Waals surface area contributed by atoms with Gasteiger partial charge in [0.1, 0.15) is 17.6 Å². The van der Waals surface area contributed by atoms with Crippen molar-refractivity contribution in [3.8, 4) is 5.75 Å². The van der Waals surface area contributed by atoms with Crippen molar-refractivity contribution < 1.29 is 27.5 Å². The smallest absolute Gasteiger partial charge is 0.416 e. The van der Waals surface area contributed by atoms with Crippen LogP contribution in [0.15, 0.2) is 47.4 Å². The first-order valence-electron chi connectivity index (χ1n) is 9.31. The number of benzene rings is 1. The molecule has 2 amide bonds. The van der Waals surface area contributed by atoms with E-state index >= 15 is 0 Å². The molecule has 3 N–H and O–H groups in total. The normalized spacial score (nSPS) is 19.4. The van der Waals surface area contributed by atoms with E-state index in [1.54, 1.807) is 6.92 Å². The average molecular weight is 422 g/mol. The Bertz CT molecular complexity index is 899. The molecular formula is C20H21F3N4O3. The fourth-order valence-electron chi connectivity index (χ4n) is 3.23. The van der Waals surface area contributed by atoms with Crippen molar-refractivity contribution in [3.05, 3.63) is 53.0 Å². The van der Waals surface area contributed by atoms with Gasteiger partial charge >= 0.3 is 6.18 Å². The summed E-state index contributed by atoms with van der Waals surface area (Å²) >= 11 is 0. The zero-order chi connectivity index (χ0) is 21.9. The Morgan fingerprint density at radius 2 is 1.87 bits per heavy atom. The standard InChI is InChI=1S/C20H21F3N4O3/c1-12-11-25-18(28)17(26-12)16(10-24)19(29)27-8-6-15(7-9-27)30-14-4-2-13(3-5-14)20(21,22)23/h2-5,10-11,15,24,26H,6-9H2,1H3,(H,25,28)/b17-16+,24-10?. The van der Waals surface area contributed by atoms with Gasteiger partial charge in [-0.3, -0.25) is 9.59 Å². The van der Waals surface area contributed by atoms with Crippen LogP contribution in [-0.2, 0) is 15.8 Å². The number of nitrogens with one attached hydrogen (secondary N) is 3. The molecule has 0 atom stereocenters. The Kier molecular flexibility index (Phi) is 6.14. The first-order valence-corrected chi connectivity index (χ1v) is 9.31. The Morgan fingerprint density at radius 3 is 2.43 bits per heavy atom. The molecule has 1 saturated heterocycles. The maximum atomic E-state index is 12.8. The molecule has 0 aliphatic carbocycles. The van der Waals surface area contributed by atoms with Crippen molar-refractivity contribution in [3.63, 3.8) is 0 Å². The average Bonchev–Trinajstić information content (AvgIpc) is 2.71. The van der Waals surface area contributed by atoms with Crippen molar-refractivity contribution in [1.82, 2.24) is 15.5 Å². The number of rotatable bonds is 4. The van der Waals surface area contributed by atoms with E-state index in [0.29, 0.717) is 37.4 Å². The van der Waals surface area contributed by atoms with Crippen LogP contribution >= 0.6 is 0 Å². The van der Waals surface area contributed by atoms with Gasteiger partial charge in [-0.05, 0) is 31.2 Å². The molecular weight excluding hydrogens is 401 g/mol. The van der Waals surface area contributed by atoms with Gasteiger partial charge in [0, 0.05) is 44.0 Å². The van der Waals surface area contributed by atoms with Gasteiger partial charge in [0.2, 0.25) is 0 Å². The minimum Gasteiger partial charge on any atom is -0.490 e. The molecule has 7 nitrogen and oxygen atoms in total. The van der Waals surface area contributed by atoms with E-state index < -0.39 is 23.6 Å². The highest BCUT2D eigenvalue weighted by Crippen LogP contribution is 2.31. The third-order valence-electron chi connectivity index (χ3n) is 4.83. The van der Waals surface area contributed by atoms with Gasteiger partial charge in [-0.15, -0.1) is 0 Å². The second kappa shape index (κ2) is 8.60. The molecule has 1 aromatic carbocycles. The van der Waals surface area contributed by atoms with Crippen LogP contribution in [0.25, 0.3) is 0 Å². The van der Waals surface area contributed by atoms with Crippen molar-refractivity contribution in [2.24, 2.45) is 0 Å². The van der Waals surface area contributed by atoms with Crippen LogP contribution in [-0.4, -0.2) is 42.1 Å². The highest BCUT2D eigenvalue weighted by molar-refractivity contribution is 6.17. The van der Waals surface area contributed by atoms with Gasteiger partial charge in [-0.1, -0.05) is 0 Å². The molecule has 0 bridgehead atoms. The van der Waals surface area contributed by atoms with Gasteiger partial charge in [-0.25, -0.2) is 0 Å². The Hall–Kier alpha value is -3.30. The third kappa shape index (κ3) is 4.81. The van der Waals surface area contributed by atoms with E-state index in [2.05, 4.69) is 10.6 Å². The second-order valence-corrected chi connectivity index (χ2v) is 6.99. The van der Waals surface area contributed by atoms with Crippen LogP contribution in [0.4, 0.5) is 13.2 Å². The minimum atomic E-state index is -4.40. The monoisotopic (exact) mass is 422 g/mol. The zero-order valence-corrected chi connectivity index (χ0v) is 16.2. The van der Waals surface area contributed by atoms with E-state index in [4.69, 9.17) is 10.1 Å². The van der Waals surface area contributed by atoms with E-state index in [1.807, 2.05) is 0 Å². The van der Waals surface area contributed by atoms with Crippen molar-refractivity contribution in [2.75, 3.05) is 13.1 Å². The molecule has 0 aromatic heterocycles. The lowest BCUT2D eigenvalue weighted by molar-refractivity contribution is -0.137. The van der Waals surface area contributed by atoms with E-state index in [-0.39, 0.29) is 17.4 Å². The minimum absolute atomic E-state index is 0.0260. The molecule has 2 aliphatic heterocycles. The van der Waals surface area contributed by atoms with Gasteiger partial charge < -0.3 is 25.7 Å². The Labute approximate surface area is 171 Å². The van der Waals surface area contributed by atoms with Crippen LogP contribution in [0.5, 0.6) is 5.75 Å². The quantitative estimate of drug-likeness (QED) is 0.514. The molecule has 3 rings (SSSR count). The Morgan fingerprint density at radius 1 is 1.23 bits per heavy atom. The fraction of sp³-hybridized carbons (Fsp3) is 0.350. The van der Waals surface area contributed by atoms with E-state index in [1.165, 1.54) is 23.2 Å². The maximum absolute atomic E-state index is 12.8. The number of alkyl halides is 3. The lowest BCUT2D eigenvalue weighted by atomic mass is 10.0. The number of carbonyl (C=O) groups excluding carboxylic acids is 2. The molecule has 30 heavy (non-hydrogen) atoms. The highest BCUT2D eigenvalue weighted by atomic mass is 19.4. The highest BCUT2D eigenvalue weighted by Gasteiger charge is 2.31. The Balaban J connectivity index is 1.61. The topological polar surface area (TPSA) is 94.5 Å². The molecule has 2 heterocycles. The number of ether oxygens (including phenoxy) is 1. The van der Waals surface area contributed by atoms with E-state index in [9.17, 15) is 22.8 Å². The summed E-state index contributed by atoms with van der Waals surface area (Å²) in [5.74, 6) is -0.598. The first kappa shape index (κ1) is 21.4. The largest absolute Gasteiger partial charge is 0.490 e. The molecule has 1 fully saturated rings. The SMILES string of the molecule is CC1=CNC(=O)/C(=C(/C=N)C(=O)N2CCC(Oc3ccc(C(F)(F)F)cc3)CC2)N1. The molecule has 0 saturated carbocycles. The van der Waals surface area contributed by atoms with Crippen molar-refractivity contribution >= 4 is 18.0 Å². The number of hydrogen-bond acceptors (Lipinski definition) is 5. The summed E-state index contributed by atoms with van der Waals surface area (Å²) in [5, 5.41) is 12.9. The number of amides is 2. The number of allylic oxidation sites excluding steroid dienone is 1. The molecule has 1 aromatic rings. The summed E-state index contributed by atoms with van der Waals surface area (Å²) in [6, 6.07) is 4.49. The molecule has 0 spiro atoms. The van der Waals surface area contributed by atoms with Crippen LogP contribution < -0.4 is 15.4 Å². The third-order valence-corrected chi connectivity index (χ3v) is 4.83. The summed E-state index contributed by atoms with van der Waals surface area (Å²) in [4.78, 5) is 26.4. The predicted octanol–water partition coefficient (Wildman–Crippen LogP) is 2.56. The van der Waals surface area contributed by atoms with Gasteiger partial charge in [0.05, 0.1) is 11.1 Å². The van der Waals surface area contributed by atoms with Gasteiger partial charge in [0.25, 0.3) is 11.8 Å². The molecule has 10 heteroatoms.